The molecule has 1 aromatic heterocycles. The molecule has 0 aliphatic heterocycles. The van der Waals surface area contributed by atoms with E-state index in [1.165, 1.54) is 17.1 Å². The first-order valence-corrected chi connectivity index (χ1v) is 8.18. The highest BCUT2D eigenvalue weighted by atomic mass is 32.2. The highest BCUT2D eigenvalue weighted by Gasteiger charge is 2.29. The number of ether oxygens (including phenoxy) is 1. The van der Waals surface area contributed by atoms with Crippen LogP contribution in [0.4, 0.5) is 0 Å². The average molecular weight is 317 g/mol. The second-order valence-corrected chi connectivity index (χ2v) is 6.79. The molecule has 2 unspecified atom stereocenters. The van der Waals surface area contributed by atoms with Gasteiger partial charge in [-0.2, -0.15) is 5.10 Å². The van der Waals surface area contributed by atoms with Gasteiger partial charge in [0.1, 0.15) is 4.90 Å². The van der Waals surface area contributed by atoms with Crippen LogP contribution in [-0.4, -0.2) is 48.5 Å². The lowest BCUT2D eigenvalue weighted by molar-refractivity contribution is -0.137. The van der Waals surface area contributed by atoms with E-state index < -0.39 is 16.0 Å². The summed E-state index contributed by atoms with van der Waals surface area (Å²) in [4.78, 5) is 10.5. The number of aliphatic carboxylic acids is 1. The van der Waals surface area contributed by atoms with E-state index >= 15 is 0 Å². The van der Waals surface area contributed by atoms with Gasteiger partial charge in [-0.05, 0) is 19.3 Å². The number of rotatable bonds is 7. The highest BCUT2D eigenvalue weighted by molar-refractivity contribution is 7.89. The number of nitrogens with zero attached hydrogens (tertiary/aromatic N) is 2. The Morgan fingerprint density at radius 2 is 2.33 bits per heavy atom. The zero-order valence-electron chi connectivity index (χ0n) is 11.7. The molecule has 0 saturated heterocycles. The summed E-state index contributed by atoms with van der Waals surface area (Å²) in [6.45, 7) is 0.139. The number of nitrogens with one attached hydrogen (secondary N) is 1. The fourth-order valence-electron chi connectivity index (χ4n) is 2.36. The lowest BCUT2D eigenvalue weighted by Gasteiger charge is -2.12. The number of carbonyl (C=O) groups is 1. The summed E-state index contributed by atoms with van der Waals surface area (Å²) in [5.41, 5.74) is 0. The molecule has 1 aliphatic rings. The summed E-state index contributed by atoms with van der Waals surface area (Å²) in [5.74, 6) is -0.954. The SMILES string of the molecule is COC1CCC(NS(=O)(=O)c2cnn(CCC(=O)O)c2)C1. The molecule has 0 aromatic carbocycles. The maximum atomic E-state index is 12.2. The van der Waals surface area contributed by atoms with Crippen molar-refractivity contribution in [1.82, 2.24) is 14.5 Å². The first-order chi connectivity index (χ1) is 9.90. The van der Waals surface area contributed by atoms with E-state index in [4.69, 9.17) is 9.84 Å². The van der Waals surface area contributed by atoms with Crippen LogP contribution < -0.4 is 4.72 Å². The zero-order chi connectivity index (χ0) is 15.5. The van der Waals surface area contributed by atoms with Crippen molar-refractivity contribution in [2.45, 2.75) is 49.3 Å². The maximum absolute atomic E-state index is 12.2. The Morgan fingerprint density at radius 1 is 1.57 bits per heavy atom. The van der Waals surface area contributed by atoms with Gasteiger partial charge in [-0.25, -0.2) is 13.1 Å². The van der Waals surface area contributed by atoms with E-state index in [1.54, 1.807) is 7.11 Å². The minimum absolute atomic E-state index is 0.0498. The van der Waals surface area contributed by atoms with Gasteiger partial charge in [-0.3, -0.25) is 9.48 Å². The fourth-order valence-corrected chi connectivity index (χ4v) is 3.60. The Kier molecular flexibility index (Phi) is 4.96. The Labute approximate surface area is 123 Å². The smallest absolute Gasteiger partial charge is 0.305 e. The molecule has 0 bridgehead atoms. The van der Waals surface area contributed by atoms with Crippen molar-refractivity contribution in [3.63, 3.8) is 0 Å². The van der Waals surface area contributed by atoms with Gasteiger partial charge in [0, 0.05) is 19.3 Å². The molecule has 0 spiro atoms. The topological polar surface area (TPSA) is 111 Å². The molecular formula is C12H19N3O5S. The predicted octanol–water partition coefficient (Wildman–Crippen LogP) is 0.204. The standard InChI is InChI=1S/C12H19N3O5S/c1-20-10-3-2-9(6-10)14-21(18,19)11-7-13-15(8-11)5-4-12(16)17/h7-10,14H,2-6H2,1H3,(H,16,17). The van der Waals surface area contributed by atoms with Crippen molar-refractivity contribution < 1.29 is 23.1 Å². The third kappa shape index (κ3) is 4.26. The van der Waals surface area contributed by atoms with Crippen LogP contribution in [0, 0.1) is 0 Å². The summed E-state index contributed by atoms with van der Waals surface area (Å²) >= 11 is 0. The number of sulfonamides is 1. The fraction of sp³-hybridized carbons (Fsp3) is 0.667. The van der Waals surface area contributed by atoms with E-state index in [0.717, 1.165) is 12.8 Å². The largest absolute Gasteiger partial charge is 0.481 e. The molecule has 1 aliphatic carbocycles. The summed E-state index contributed by atoms with van der Waals surface area (Å²) in [6.07, 6.45) is 4.79. The number of methoxy groups -OCH3 is 1. The predicted molar refractivity (Wildman–Crippen MR) is 73.2 cm³/mol. The first kappa shape index (κ1) is 15.9. The Hall–Kier alpha value is -1.45. The molecule has 2 atom stereocenters. The van der Waals surface area contributed by atoms with Crippen molar-refractivity contribution in [2.75, 3.05) is 7.11 Å². The van der Waals surface area contributed by atoms with E-state index in [9.17, 15) is 13.2 Å². The lowest BCUT2D eigenvalue weighted by atomic mass is 10.3. The number of hydrogen-bond acceptors (Lipinski definition) is 5. The number of aromatic nitrogens is 2. The molecule has 1 aromatic rings. The number of carboxylic acid groups (broad SMARTS) is 1. The Morgan fingerprint density at radius 3 is 2.95 bits per heavy atom. The molecule has 8 nitrogen and oxygen atoms in total. The van der Waals surface area contributed by atoms with Crippen molar-refractivity contribution in [3.8, 4) is 0 Å². The lowest BCUT2D eigenvalue weighted by Crippen LogP contribution is -2.33. The summed E-state index contributed by atoms with van der Waals surface area (Å²) in [5, 5.41) is 12.5. The van der Waals surface area contributed by atoms with Crippen LogP contribution >= 0.6 is 0 Å². The zero-order valence-corrected chi connectivity index (χ0v) is 12.5. The van der Waals surface area contributed by atoms with Crippen LogP contribution in [0.1, 0.15) is 25.7 Å². The monoisotopic (exact) mass is 317 g/mol. The number of aryl methyl sites for hydroxylation is 1. The van der Waals surface area contributed by atoms with E-state index in [-0.39, 0.29) is 30.0 Å². The normalized spacial score (nSPS) is 22.5. The van der Waals surface area contributed by atoms with Gasteiger partial charge in [0.2, 0.25) is 10.0 Å². The Balaban J connectivity index is 1.98. The van der Waals surface area contributed by atoms with Crippen molar-refractivity contribution in [1.29, 1.82) is 0 Å². The van der Waals surface area contributed by atoms with Gasteiger partial charge < -0.3 is 9.84 Å². The molecule has 2 rings (SSSR count). The minimum atomic E-state index is -3.63. The van der Waals surface area contributed by atoms with Crippen LogP contribution in [0.5, 0.6) is 0 Å². The van der Waals surface area contributed by atoms with Crippen LogP contribution in [0.15, 0.2) is 17.3 Å². The van der Waals surface area contributed by atoms with Gasteiger partial charge in [0.25, 0.3) is 0 Å². The van der Waals surface area contributed by atoms with Gasteiger partial charge >= 0.3 is 5.97 Å². The van der Waals surface area contributed by atoms with Crippen LogP contribution in [0.25, 0.3) is 0 Å². The second-order valence-electron chi connectivity index (χ2n) is 5.07. The second kappa shape index (κ2) is 6.54. The van der Waals surface area contributed by atoms with Crippen molar-refractivity contribution in [3.05, 3.63) is 12.4 Å². The molecule has 118 valence electrons. The molecule has 0 radical (unpaired) electrons. The molecule has 9 heteroatoms. The quantitative estimate of drug-likeness (QED) is 0.743. The van der Waals surface area contributed by atoms with Crippen molar-refractivity contribution in [2.24, 2.45) is 0 Å². The molecule has 1 saturated carbocycles. The van der Waals surface area contributed by atoms with Gasteiger partial charge in [-0.1, -0.05) is 0 Å². The number of carboxylic acids is 1. The van der Waals surface area contributed by atoms with Gasteiger partial charge in [-0.15, -0.1) is 0 Å². The molecular weight excluding hydrogens is 298 g/mol. The van der Waals surface area contributed by atoms with Crippen LogP contribution in [0.3, 0.4) is 0 Å². The summed E-state index contributed by atoms with van der Waals surface area (Å²) in [6, 6.07) is -0.137. The van der Waals surface area contributed by atoms with Crippen LogP contribution in [-0.2, 0) is 26.1 Å². The van der Waals surface area contributed by atoms with E-state index in [1.807, 2.05) is 0 Å². The molecule has 0 amide bonds. The average Bonchev–Trinajstić information content (AvgIpc) is 3.04. The Bertz CT molecular complexity index is 598. The molecule has 1 fully saturated rings. The summed E-state index contributed by atoms with van der Waals surface area (Å²) < 4.78 is 33.6. The number of hydrogen-bond donors (Lipinski definition) is 2. The van der Waals surface area contributed by atoms with Crippen molar-refractivity contribution >= 4 is 16.0 Å². The third-order valence-electron chi connectivity index (χ3n) is 3.51. The van der Waals surface area contributed by atoms with Gasteiger partial charge in [0.15, 0.2) is 0 Å². The maximum Gasteiger partial charge on any atom is 0.305 e. The molecule has 21 heavy (non-hydrogen) atoms. The third-order valence-corrected chi connectivity index (χ3v) is 4.99. The van der Waals surface area contributed by atoms with Crippen LogP contribution in [0.2, 0.25) is 0 Å². The molecule has 2 N–H and O–H groups in total. The highest BCUT2D eigenvalue weighted by Crippen LogP contribution is 2.23. The van der Waals surface area contributed by atoms with E-state index in [0.29, 0.717) is 6.42 Å². The molecule has 1 heterocycles. The first-order valence-electron chi connectivity index (χ1n) is 6.70. The summed E-state index contributed by atoms with van der Waals surface area (Å²) in [7, 11) is -2.01. The van der Waals surface area contributed by atoms with E-state index in [2.05, 4.69) is 9.82 Å². The minimum Gasteiger partial charge on any atom is -0.481 e. The van der Waals surface area contributed by atoms with Gasteiger partial charge in [0.05, 0.1) is 25.3 Å².